The zero-order valence-corrected chi connectivity index (χ0v) is 8.97. The van der Waals surface area contributed by atoms with Crippen LogP contribution >= 0.6 is 15.9 Å². The summed E-state index contributed by atoms with van der Waals surface area (Å²) in [5, 5.41) is 8.79. The van der Waals surface area contributed by atoms with Gasteiger partial charge in [-0.1, -0.05) is 13.0 Å². The van der Waals surface area contributed by atoms with Crippen LogP contribution in [0.3, 0.4) is 0 Å². The number of ether oxygens (including phenoxy) is 1. The topological polar surface area (TPSA) is 33.0 Å². The molecule has 3 heteroatoms. The van der Waals surface area contributed by atoms with Crippen molar-refractivity contribution >= 4 is 15.9 Å². The predicted molar refractivity (Wildman–Crippen MR) is 54.6 cm³/mol. The lowest BCUT2D eigenvalue weighted by molar-refractivity contribution is 0.314. The molecular weight excluding hydrogens is 230 g/mol. The number of hydrogen-bond donors (Lipinski definition) is 0. The summed E-state index contributed by atoms with van der Waals surface area (Å²) >= 11 is 3.34. The second-order valence-corrected chi connectivity index (χ2v) is 3.43. The molecule has 0 radical (unpaired) electrons. The van der Waals surface area contributed by atoms with E-state index in [2.05, 4.69) is 22.0 Å². The second kappa shape index (κ2) is 4.88. The minimum Gasteiger partial charge on any atom is -0.491 e. The van der Waals surface area contributed by atoms with Crippen LogP contribution in [-0.2, 0) is 0 Å². The molecule has 0 fully saturated rings. The normalized spacial score (nSPS) is 9.31. The molecule has 0 heterocycles. The van der Waals surface area contributed by atoms with E-state index in [1.54, 1.807) is 6.07 Å². The Morgan fingerprint density at radius 3 is 2.92 bits per heavy atom. The van der Waals surface area contributed by atoms with Crippen LogP contribution in [0.1, 0.15) is 18.9 Å². The van der Waals surface area contributed by atoms with E-state index in [4.69, 9.17) is 10.00 Å². The van der Waals surface area contributed by atoms with Gasteiger partial charge in [0, 0.05) is 0 Å². The molecule has 0 spiro atoms. The van der Waals surface area contributed by atoms with Crippen molar-refractivity contribution in [1.82, 2.24) is 0 Å². The zero-order valence-electron chi connectivity index (χ0n) is 7.38. The molecule has 0 aliphatic heterocycles. The Hall–Kier alpha value is -1.01. The monoisotopic (exact) mass is 239 g/mol. The van der Waals surface area contributed by atoms with Crippen molar-refractivity contribution < 1.29 is 4.74 Å². The molecule has 0 amide bonds. The lowest BCUT2D eigenvalue weighted by Gasteiger charge is -2.07. The van der Waals surface area contributed by atoms with Crippen LogP contribution in [0.15, 0.2) is 22.7 Å². The van der Waals surface area contributed by atoms with E-state index in [1.165, 1.54) is 0 Å². The van der Waals surface area contributed by atoms with Crippen LogP contribution in [0.4, 0.5) is 0 Å². The minimum absolute atomic E-state index is 0.572. The van der Waals surface area contributed by atoms with Crippen LogP contribution in [0, 0.1) is 11.3 Å². The quantitative estimate of drug-likeness (QED) is 0.813. The lowest BCUT2D eigenvalue weighted by Crippen LogP contribution is -1.97. The van der Waals surface area contributed by atoms with Gasteiger partial charge in [-0.2, -0.15) is 5.26 Å². The van der Waals surface area contributed by atoms with E-state index in [-0.39, 0.29) is 0 Å². The van der Waals surface area contributed by atoms with Crippen LogP contribution in [-0.4, -0.2) is 6.61 Å². The summed E-state index contributed by atoms with van der Waals surface area (Å²) in [4.78, 5) is 0. The zero-order chi connectivity index (χ0) is 9.68. The number of hydrogen-bond acceptors (Lipinski definition) is 2. The number of rotatable bonds is 3. The van der Waals surface area contributed by atoms with Crippen molar-refractivity contribution in [2.24, 2.45) is 0 Å². The Bertz CT molecular complexity index is 330. The largest absolute Gasteiger partial charge is 0.491 e. The Morgan fingerprint density at radius 1 is 1.54 bits per heavy atom. The Balaban J connectivity index is 2.95. The van der Waals surface area contributed by atoms with E-state index >= 15 is 0 Å². The van der Waals surface area contributed by atoms with Crippen molar-refractivity contribution in [2.75, 3.05) is 6.61 Å². The van der Waals surface area contributed by atoms with Gasteiger partial charge in [-0.3, -0.25) is 0 Å². The molecule has 1 aromatic rings. The molecule has 0 saturated heterocycles. The first kappa shape index (κ1) is 10.1. The summed E-state index contributed by atoms with van der Waals surface area (Å²) in [5.41, 5.74) is 0.572. The highest BCUT2D eigenvalue weighted by atomic mass is 79.9. The average molecular weight is 240 g/mol. The first-order valence-corrected chi connectivity index (χ1v) is 4.90. The lowest BCUT2D eigenvalue weighted by atomic mass is 10.2. The van der Waals surface area contributed by atoms with E-state index in [9.17, 15) is 0 Å². The van der Waals surface area contributed by atoms with Gasteiger partial charge < -0.3 is 4.74 Å². The predicted octanol–water partition coefficient (Wildman–Crippen LogP) is 3.11. The van der Waals surface area contributed by atoms with E-state index < -0.39 is 0 Å². The molecular formula is C10H10BrNO. The maximum atomic E-state index is 8.79. The molecule has 0 aliphatic carbocycles. The number of nitrogens with zero attached hydrogens (tertiary/aromatic N) is 1. The van der Waals surface area contributed by atoms with Gasteiger partial charge >= 0.3 is 0 Å². The fourth-order valence-corrected chi connectivity index (χ4v) is 1.43. The third kappa shape index (κ3) is 2.46. The summed E-state index contributed by atoms with van der Waals surface area (Å²) in [6.07, 6.45) is 0.937. The summed E-state index contributed by atoms with van der Waals surface area (Å²) in [5.74, 6) is 0.645. The van der Waals surface area contributed by atoms with Gasteiger partial charge in [0.1, 0.15) is 6.07 Å². The summed E-state index contributed by atoms with van der Waals surface area (Å²) in [6.45, 7) is 2.67. The summed E-state index contributed by atoms with van der Waals surface area (Å²) in [6, 6.07) is 7.52. The number of benzene rings is 1. The average Bonchev–Trinajstić information content (AvgIpc) is 2.15. The first-order valence-electron chi connectivity index (χ1n) is 4.11. The molecule has 0 aliphatic rings. The van der Waals surface area contributed by atoms with Gasteiger partial charge in [-0.15, -0.1) is 0 Å². The highest BCUT2D eigenvalue weighted by Gasteiger charge is 2.06. The Labute approximate surface area is 86.3 Å². The van der Waals surface area contributed by atoms with E-state index in [0.29, 0.717) is 17.9 Å². The fraction of sp³-hybridized carbons (Fsp3) is 0.300. The van der Waals surface area contributed by atoms with Crippen LogP contribution in [0.25, 0.3) is 0 Å². The van der Waals surface area contributed by atoms with Gasteiger partial charge in [-0.25, -0.2) is 0 Å². The van der Waals surface area contributed by atoms with Crippen molar-refractivity contribution in [3.05, 3.63) is 28.2 Å². The maximum Gasteiger partial charge on any atom is 0.151 e. The summed E-state index contributed by atoms with van der Waals surface area (Å²) < 4.78 is 6.27. The first-order chi connectivity index (χ1) is 6.29. The number of halogens is 1. The third-order valence-electron chi connectivity index (χ3n) is 1.54. The van der Waals surface area contributed by atoms with E-state index in [0.717, 1.165) is 10.9 Å². The molecule has 0 N–H and O–H groups in total. The van der Waals surface area contributed by atoms with Gasteiger partial charge in [0.05, 0.1) is 16.6 Å². The smallest absolute Gasteiger partial charge is 0.151 e. The van der Waals surface area contributed by atoms with Crippen LogP contribution < -0.4 is 4.74 Å². The third-order valence-corrected chi connectivity index (χ3v) is 2.16. The Morgan fingerprint density at radius 2 is 2.31 bits per heavy atom. The molecule has 0 aromatic heterocycles. The highest BCUT2D eigenvalue weighted by molar-refractivity contribution is 9.10. The molecule has 68 valence electrons. The molecule has 13 heavy (non-hydrogen) atoms. The molecule has 1 aromatic carbocycles. The van der Waals surface area contributed by atoms with Gasteiger partial charge in [0.15, 0.2) is 5.75 Å². The van der Waals surface area contributed by atoms with Crippen molar-refractivity contribution in [1.29, 1.82) is 5.26 Å². The molecule has 0 unspecified atom stereocenters. The van der Waals surface area contributed by atoms with Crippen LogP contribution in [0.2, 0.25) is 0 Å². The van der Waals surface area contributed by atoms with Gasteiger partial charge in [0.2, 0.25) is 0 Å². The fourth-order valence-electron chi connectivity index (χ4n) is 0.948. The SMILES string of the molecule is CCCOc1c(Br)cccc1C#N. The number of para-hydroxylation sites is 1. The molecule has 0 atom stereocenters. The van der Waals surface area contributed by atoms with Crippen molar-refractivity contribution in [2.45, 2.75) is 13.3 Å². The number of nitriles is 1. The maximum absolute atomic E-state index is 8.79. The second-order valence-electron chi connectivity index (χ2n) is 2.58. The molecule has 1 rings (SSSR count). The van der Waals surface area contributed by atoms with Gasteiger partial charge in [-0.05, 0) is 34.5 Å². The standard InChI is InChI=1S/C10H10BrNO/c1-2-6-13-10-8(7-12)4-3-5-9(10)11/h3-5H,2,6H2,1H3. The Kier molecular flexibility index (Phi) is 3.78. The summed E-state index contributed by atoms with van der Waals surface area (Å²) in [7, 11) is 0. The minimum atomic E-state index is 0.572. The molecule has 0 saturated carbocycles. The molecule has 2 nitrogen and oxygen atoms in total. The van der Waals surface area contributed by atoms with Crippen molar-refractivity contribution in [3.63, 3.8) is 0 Å². The van der Waals surface area contributed by atoms with Crippen molar-refractivity contribution in [3.8, 4) is 11.8 Å². The molecule has 0 bridgehead atoms. The van der Waals surface area contributed by atoms with Gasteiger partial charge in [0.25, 0.3) is 0 Å². The highest BCUT2D eigenvalue weighted by Crippen LogP contribution is 2.28. The van der Waals surface area contributed by atoms with Crippen LogP contribution in [0.5, 0.6) is 5.75 Å². The van der Waals surface area contributed by atoms with E-state index in [1.807, 2.05) is 19.1 Å².